The smallest absolute Gasteiger partial charge is 0.290 e. The highest BCUT2D eigenvalue weighted by Gasteiger charge is 2.35. The summed E-state index contributed by atoms with van der Waals surface area (Å²) < 4.78 is 5.54. The first-order valence-corrected chi connectivity index (χ1v) is 9.55. The van der Waals surface area contributed by atoms with Crippen LogP contribution in [0.2, 0.25) is 0 Å². The van der Waals surface area contributed by atoms with Crippen molar-refractivity contribution in [3.8, 4) is 0 Å². The summed E-state index contributed by atoms with van der Waals surface area (Å²) in [6.07, 6.45) is 2.69. The van der Waals surface area contributed by atoms with E-state index in [-0.39, 0.29) is 24.9 Å². The minimum absolute atomic E-state index is 0.0730. The maximum absolute atomic E-state index is 12.6. The van der Waals surface area contributed by atoms with Crippen LogP contribution in [0.15, 0.2) is 30.3 Å². The Labute approximate surface area is 165 Å². The number of carboxylic acid groups (broad SMARTS) is 1. The van der Waals surface area contributed by atoms with Crippen LogP contribution in [0.4, 0.5) is 0 Å². The molecule has 0 spiro atoms. The molecule has 2 aliphatic heterocycles. The second-order valence-corrected chi connectivity index (χ2v) is 7.12. The summed E-state index contributed by atoms with van der Waals surface area (Å²) in [5.74, 6) is 0.333. The summed E-state index contributed by atoms with van der Waals surface area (Å²) in [4.78, 5) is 35.0. The van der Waals surface area contributed by atoms with Gasteiger partial charge in [0.25, 0.3) is 12.4 Å². The van der Waals surface area contributed by atoms with E-state index in [1.165, 1.54) is 12.8 Å². The zero-order valence-corrected chi connectivity index (χ0v) is 16.2. The standard InChI is InChI=1S/C19H27N3O3.CH2O2/c1-22-11-8-14(9-12-22)7-10-20-19(24)18-17(21-16(23)13-25-18)15-5-3-2-4-6-15;2-1-3/h2-6,14,17-18H,7-13H2,1H3,(H,20,24)(H,21,23);1H,(H,2,3)/t17-,18+;/m1./s1. The lowest BCUT2D eigenvalue weighted by atomic mass is 9.94. The molecule has 2 atom stereocenters. The quantitative estimate of drug-likeness (QED) is 0.641. The number of morpholine rings is 1. The Kier molecular flexibility index (Phi) is 8.90. The number of carbonyl (C=O) groups is 3. The second kappa shape index (κ2) is 11.4. The van der Waals surface area contributed by atoms with Gasteiger partial charge < -0.3 is 25.4 Å². The Bertz CT molecular complexity index is 632. The zero-order valence-electron chi connectivity index (χ0n) is 16.2. The van der Waals surface area contributed by atoms with Gasteiger partial charge in [0, 0.05) is 6.54 Å². The number of nitrogens with one attached hydrogen (secondary N) is 2. The Morgan fingerprint density at radius 3 is 2.61 bits per heavy atom. The SMILES string of the molecule is CN1CCC(CCNC(=O)[C@H]2OCC(=O)N[C@@H]2c2ccccc2)CC1.O=CO. The maximum atomic E-state index is 12.6. The maximum Gasteiger partial charge on any atom is 0.290 e. The average Bonchev–Trinajstić information content (AvgIpc) is 2.70. The van der Waals surface area contributed by atoms with E-state index in [0.717, 1.165) is 25.1 Å². The molecule has 0 aromatic heterocycles. The number of hydrogen-bond donors (Lipinski definition) is 3. The normalized spacial score (nSPS) is 23.1. The summed E-state index contributed by atoms with van der Waals surface area (Å²) in [6.45, 7) is 2.60. The molecule has 1 aromatic carbocycles. The molecule has 2 saturated heterocycles. The molecule has 2 amide bonds. The van der Waals surface area contributed by atoms with Gasteiger partial charge in [-0.3, -0.25) is 14.4 Å². The minimum atomic E-state index is -0.683. The van der Waals surface area contributed by atoms with Crippen molar-refractivity contribution in [3.63, 3.8) is 0 Å². The molecule has 8 heteroatoms. The third-order valence-corrected chi connectivity index (χ3v) is 5.12. The van der Waals surface area contributed by atoms with Crippen molar-refractivity contribution >= 4 is 18.3 Å². The van der Waals surface area contributed by atoms with Crippen molar-refractivity contribution in [2.75, 3.05) is 33.3 Å². The molecule has 0 saturated carbocycles. The topological polar surface area (TPSA) is 108 Å². The molecular formula is C20H29N3O5. The summed E-state index contributed by atoms with van der Waals surface area (Å²) in [6, 6.07) is 9.06. The van der Waals surface area contributed by atoms with Gasteiger partial charge in [0.15, 0.2) is 6.10 Å². The minimum Gasteiger partial charge on any atom is -0.483 e. The molecule has 0 aliphatic carbocycles. The van der Waals surface area contributed by atoms with Gasteiger partial charge in [0.05, 0.1) is 6.04 Å². The van der Waals surface area contributed by atoms with Crippen LogP contribution in [-0.4, -0.2) is 67.7 Å². The van der Waals surface area contributed by atoms with Crippen LogP contribution in [0.3, 0.4) is 0 Å². The molecule has 1 aromatic rings. The monoisotopic (exact) mass is 391 g/mol. The van der Waals surface area contributed by atoms with E-state index in [4.69, 9.17) is 14.6 Å². The molecule has 3 N–H and O–H groups in total. The van der Waals surface area contributed by atoms with E-state index in [1.54, 1.807) is 0 Å². The highest BCUT2D eigenvalue weighted by atomic mass is 16.5. The number of carbonyl (C=O) groups excluding carboxylic acids is 2. The largest absolute Gasteiger partial charge is 0.483 e. The summed E-state index contributed by atoms with van der Waals surface area (Å²) in [5.41, 5.74) is 0.881. The van der Waals surface area contributed by atoms with Crippen LogP contribution in [0.5, 0.6) is 0 Å². The number of piperidine rings is 1. The molecule has 0 unspecified atom stereocenters. The van der Waals surface area contributed by atoms with E-state index in [9.17, 15) is 9.59 Å². The number of ether oxygens (including phenoxy) is 1. The van der Waals surface area contributed by atoms with Crippen LogP contribution >= 0.6 is 0 Å². The third-order valence-electron chi connectivity index (χ3n) is 5.12. The molecule has 154 valence electrons. The fourth-order valence-electron chi connectivity index (χ4n) is 3.55. The van der Waals surface area contributed by atoms with Crippen molar-refractivity contribution in [1.82, 2.24) is 15.5 Å². The lowest BCUT2D eigenvalue weighted by Gasteiger charge is -2.32. The molecule has 0 radical (unpaired) electrons. The lowest BCUT2D eigenvalue weighted by Crippen LogP contribution is -2.52. The van der Waals surface area contributed by atoms with Gasteiger partial charge in [-0.15, -0.1) is 0 Å². The van der Waals surface area contributed by atoms with E-state index >= 15 is 0 Å². The second-order valence-electron chi connectivity index (χ2n) is 7.12. The first-order valence-electron chi connectivity index (χ1n) is 9.55. The molecule has 8 nitrogen and oxygen atoms in total. The summed E-state index contributed by atoms with van der Waals surface area (Å²) in [5, 5.41) is 12.8. The van der Waals surface area contributed by atoms with Gasteiger partial charge in [-0.2, -0.15) is 0 Å². The van der Waals surface area contributed by atoms with E-state index < -0.39 is 12.1 Å². The summed E-state index contributed by atoms with van der Waals surface area (Å²) >= 11 is 0. The van der Waals surface area contributed by atoms with Gasteiger partial charge in [-0.05, 0) is 50.9 Å². The van der Waals surface area contributed by atoms with Crippen molar-refractivity contribution in [1.29, 1.82) is 0 Å². The van der Waals surface area contributed by atoms with Gasteiger partial charge >= 0.3 is 0 Å². The van der Waals surface area contributed by atoms with Gasteiger partial charge in [0.2, 0.25) is 5.91 Å². The van der Waals surface area contributed by atoms with Crippen molar-refractivity contribution in [2.45, 2.75) is 31.4 Å². The molecule has 28 heavy (non-hydrogen) atoms. The first kappa shape index (κ1) is 21.8. The van der Waals surface area contributed by atoms with Gasteiger partial charge in [-0.25, -0.2) is 0 Å². The first-order chi connectivity index (χ1) is 13.5. The number of likely N-dealkylation sites (tertiary alicyclic amines) is 1. The predicted molar refractivity (Wildman–Crippen MR) is 104 cm³/mol. The number of amides is 2. The Morgan fingerprint density at radius 1 is 1.32 bits per heavy atom. The third kappa shape index (κ3) is 6.61. The average molecular weight is 391 g/mol. The van der Waals surface area contributed by atoms with Gasteiger partial charge in [-0.1, -0.05) is 30.3 Å². The Hall–Kier alpha value is -2.45. The number of benzene rings is 1. The molecule has 0 bridgehead atoms. The van der Waals surface area contributed by atoms with Crippen molar-refractivity contribution < 1.29 is 24.2 Å². The highest BCUT2D eigenvalue weighted by molar-refractivity contribution is 5.86. The highest BCUT2D eigenvalue weighted by Crippen LogP contribution is 2.23. The Morgan fingerprint density at radius 2 is 1.96 bits per heavy atom. The predicted octanol–water partition coefficient (Wildman–Crippen LogP) is 0.792. The molecular weight excluding hydrogens is 362 g/mol. The fourth-order valence-corrected chi connectivity index (χ4v) is 3.55. The van der Waals surface area contributed by atoms with Crippen LogP contribution in [-0.2, 0) is 19.1 Å². The van der Waals surface area contributed by atoms with Crippen molar-refractivity contribution in [2.24, 2.45) is 5.92 Å². The van der Waals surface area contributed by atoms with Crippen molar-refractivity contribution in [3.05, 3.63) is 35.9 Å². The van der Waals surface area contributed by atoms with Crippen LogP contribution < -0.4 is 10.6 Å². The molecule has 3 rings (SSSR count). The van der Waals surface area contributed by atoms with E-state index in [2.05, 4.69) is 22.6 Å². The van der Waals surface area contributed by atoms with E-state index in [1.807, 2.05) is 30.3 Å². The molecule has 2 fully saturated rings. The molecule has 2 aliphatic rings. The fraction of sp³-hybridized carbons (Fsp3) is 0.550. The number of nitrogens with zero attached hydrogens (tertiary/aromatic N) is 1. The van der Waals surface area contributed by atoms with Gasteiger partial charge in [0.1, 0.15) is 6.61 Å². The van der Waals surface area contributed by atoms with E-state index in [0.29, 0.717) is 12.5 Å². The van der Waals surface area contributed by atoms with Crippen LogP contribution in [0.1, 0.15) is 30.9 Å². The van der Waals surface area contributed by atoms with Crippen LogP contribution in [0.25, 0.3) is 0 Å². The zero-order chi connectivity index (χ0) is 20.4. The number of rotatable bonds is 5. The number of hydrogen-bond acceptors (Lipinski definition) is 5. The Balaban J connectivity index is 0.000000878. The molecule has 2 heterocycles. The lowest BCUT2D eigenvalue weighted by molar-refractivity contribution is -0.148. The summed E-state index contributed by atoms with van der Waals surface area (Å²) in [7, 11) is 2.15. The van der Waals surface area contributed by atoms with Crippen LogP contribution in [0, 0.1) is 5.92 Å².